The molecule has 0 radical (unpaired) electrons. The maximum Gasteiger partial charge on any atom is 0.251 e. The lowest BCUT2D eigenvalue weighted by molar-refractivity contribution is 0.0951. The minimum absolute atomic E-state index is 0.0357. The number of unbranched alkanes of at least 4 members (excludes halogenated alkanes) is 1. The van der Waals surface area contributed by atoms with Crippen molar-refractivity contribution in [1.29, 1.82) is 0 Å². The van der Waals surface area contributed by atoms with Crippen LogP contribution in [-0.4, -0.2) is 33.0 Å². The number of hydrogen-bond acceptors (Lipinski definition) is 5. The van der Waals surface area contributed by atoms with Crippen molar-refractivity contribution in [2.75, 3.05) is 0 Å². The number of aryl methyl sites for hydroxylation is 1. The molecular formula is C21H28N4O2. The standard InChI is InChI=1S/C21H28N4O2/c1-2-3-4-19-23-20(27-24-19)14-25(18-11-12-18)13-15-5-7-16(8-6-15)21(26)22-17-9-10-17/h5-8,17-18H,2-4,9-14H2,1H3,(H,22,26). The van der Waals surface area contributed by atoms with Gasteiger partial charge in [0.2, 0.25) is 5.89 Å². The van der Waals surface area contributed by atoms with E-state index in [1.807, 2.05) is 12.1 Å². The van der Waals surface area contributed by atoms with Gasteiger partial charge in [0.25, 0.3) is 5.91 Å². The first-order valence-corrected chi connectivity index (χ1v) is 10.2. The van der Waals surface area contributed by atoms with E-state index in [9.17, 15) is 4.79 Å². The molecule has 1 heterocycles. The molecule has 1 aromatic heterocycles. The third kappa shape index (κ3) is 5.16. The van der Waals surface area contributed by atoms with Gasteiger partial charge in [-0.15, -0.1) is 0 Å². The normalized spacial score (nSPS) is 16.7. The molecule has 2 fully saturated rings. The Bertz CT molecular complexity index is 763. The van der Waals surface area contributed by atoms with Gasteiger partial charge in [-0.25, -0.2) is 0 Å². The van der Waals surface area contributed by atoms with Gasteiger partial charge in [-0.1, -0.05) is 30.6 Å². The van der Waals surface area contributed by atoms with E-state index < -0.39 is 0 Å². The summed E-state index contributed by atoms with van der Waals surface area (Å²) in [6.07, 6.45) is 7.76. The van der Waals surface area contributed by atoms with Gasteiger partial charge in [-0.05, 0) is 49.8 Å². The molecule has 2 aliphatic rings. The molecule has 6 heteroatoms. The van der Waals surface area contributed by atoms with Crippen molar-refractivity contribution in [3.05, 3.63) is 47.1 Å². The molecule has 2 saturated carbocycles. The van der Waals surface area contributed by atoms with Crippen LogP contribution < -0.4 is 5.32 Å². The Hall–Kier alpha value is -2.21. The number of hydrogen-bond donors (Lipinski definition) is 1. The fourth-order valence-corrected chi connectivity index (χ4v) is 3.21. The summed E-state index contributed by atoms with van der Waals surface area (Å²) in [6.45, 7) is 3.69. The van der Waals surface area contributed by atoms with Crippen molar-refractivity contribution in [3.63, 3.8) is 0 Å². The van der Waals surface area contributed by atoms with Crippen LogP contribution in [-0.2, 0) is 19.5 Å². The van der Waals surface area contributed by atoms with Crippen molar-refractivity contribution in [2.45, 2.75) is 77.0 Å². The Balaban J connectivity index is 1.35. The highest BCUT2D eigenvalue weighted by Gasteiger charge is 2.30. The number of carbonyl (C=O) groups is 1. The predicted molar refractivity (Wildman–Crippen MR) is 102 cm³/mol. The Morgan fingerprint density at radius 1 is 1.19 bits per heavy atom. The number of carbonyl (C=O) groups excluding carboxylic acids is 1. The topological polar surface area (TPSA) is 71.3 Å². The molecule has 2 aromatic rings. The average molecular weight is 368 g/mol. The first-order valence-electron chi connectivity index (χ1n) is 10.2. The van der Waals surface area contributed by atoms with Crippen LogP contribution in [0.1, 0.15) is 73.1 Å². The smallest absolute Gasteiger partial charge is 0.251 e. The van der Waals surface area contributed by atoms with E-state index in [2.05, 4.69) is 39.4 Å². The summed E-state index contributed by atoms with van der Waals surface area (Å²) in [4.78, 5) is 19.1. The van der Waals surface area contributed by atoms with E-state index >= 15 is 0 Å². The number of aromatic nitrogens is 2. The molecule has 0 atom stereocenters. The molecule has 0 aliphatic heterocycles. The van der Waals surface area contributed by atoms with Crippen molar-refractivity contribution in [2.24, 2.45) is 0 Å². The van der Waals surface area contributed by atoms with Gasteiger partial charge < -0.3 is 9.84 Å². The first-order chi connectivity index (χ1) is 13.2. The summed E-state index contributed by atoms with van der Waals surface area (Å²) in [7, 11) is 0. The molecule has 2 aliphatic carbocycles. The van der Waals surface area contributed by atoms with Crippen LogP contribution in [0.5, 0.6) is 0 Å². The van der Waals surface area contributed by atoms with Gasteiger partial charge in [0.05, 0.1) is 6.54 Å². The molecule has 27 heavy (non-hydrogen) atoms. The predicted octanol–water partition coefficient (Wildman–Crippen LogP) is 3.47. The van der Waals surface area contributed by atoms with E-state index in [4.69, 9.17) is 4.52 Å². The molecule has 0 unspecified atom stereocenters. The zero-order valence-electron chi connectivity index (χ0n) is 16.0. The number of benzene rings is 1. The van der Waals surface area contributed by atoms with Crippen LogP contribution >= 0.6 is 0 Å². The third-order valence-electron chi connectivity index (χ3n) is 5.18. The van der Waals surface area contributed by atoms with E-state index in [0.29, 0.717) is 24.5 Å². The summed E-state index contributed by atoms with van der Waals surface area (Å²) in [6, 6.07) is 8.93. The number of rotatable bonds is 10. The summed E-state index contributed by atoms with van der Waals surface area (Å²) in [5.41, 5.74) is 1.94. The molecule has 144 valence electrons. The van der Waals surface area contributed by atoms with Gasteiger partial charge in [0, 0.05) is 30.6 Å². The highest BCUT2D eigenvalue weighted by Crippen LogP contribution is 2.29. The maximum absolute atomic E-state index is 12.1. The fraction of sp³-hybridized carbons (Fsp3) is 0.571. The molecule has 1 aromatic carbocycles. The number of nitrogens with zero attached hydrogens (tertiary/aromatic N) is 3. The molecular weight excluding hydrogens is 340 g/mol. The third-order valence-corrected chi connectivity index (χ3v) is 5.18. The van der Waals surface area contributed by atoms with Crippen LogP contribution in [0.3, 0.4) is 0 Å². The second kappa shape index (κ2) is 8.21. The fourth-order valence-electron chi connectivity index (χ4n) is 3.21. The van der Waals surface area contributed by atoms with Gasteiger partial charge in [0.15, 0.2) is 5.82 Å². The van der Waals surface area contributed by atoms with Crippen LogP contribution in [0.15, 0.2) is 28.8 Å². The minimum Gasteiger partial charge on any atom is -0.349 e. The largest absolute Gasteiger partial charge is 0.349 e. The highest BCUT2D eigenvalue weighted by molar-refractivity contribution is 5.94. The van der Waals surface area contributed by atoms with E-state index in [1.54, 1.807) is 0 Å². The SMILES string of the molecule is CCCCc1noc(CN(Cc2ccc(C(=O)NC3CC3)cc2)C2CC2)n1. The van der Waals surface area contributed by atoms with Crippen molar-refractivity contribution < 1.29 is 9.32 Å². The van der Waals surface area contributed by atoms with Gasteiger partial charge in [0.1, 0.15) is 0 Å². The van der Waals surface area contributed by atoms with Gasteiger partial charge in [-0.2, -0.15) is 4.98 Å². The zero-order chi connectivity index (χ0) is 18.6. The van der Waals surface area contributed by atoms with Crippen molar-refractivity contribution >= 4 is 5.91 Å². The Morgan fingerprint density at radius 2 is 1.96 bits per heavy atom. The van der Waals surface area contributed by atoms with Crippen LogP contribution in [0.4, 0.5) is 0 Å². The molecule has 4 rings (SSSR count). The zero-order valence-corrected chi connectivity index (χ0v) is 16.0. The molecule has 6 nitrogen and oxygen atoms in total. The Morgan fingerprint density at radius 3 is 2.63 bits per heavy atom. The van der Waals surface area contributed by atoms with E-state index in [1.165, 1.54) is 18.4 Å². The molecule has 1 N–H and O–H groups in total. The van der Waals surface area contributed by atoms with Crippen molar-refractivity contribution in [1.82, 2.24) is 20.4 Å². The summed E-state index contributed by atoms with van der Waals surface area (Å²) >= 11 is 0. The van der Waals surface area contributed by atoms with Gasteiger partial charge >= 0.3 is 0 Å². The number of amides is 1. The molecule has 1 amide bonds. The summed E-state index contributed by atoms with van der Waals surface area (Å²) in [5.74, 6) is 1.55. The quantitative estimate of drug-likeness (QED) is 0.695. The van der Waals surface area contributed by atoms with Crippen LogP contribution in [0, 0.1) is 0 Å². The second-order valence-electron chi connectivity index (χ2n) is 7.79. The van der Waals surface area contributed by atoms with E-state index in [0.717, 1.165) is 50.0 Å². The molecule has 0 saturated heterocycles. The van der Waals surface area contributed by atoms with E-state index in [-0.39, 0.29) is 5.91 Å². The maximum atomic E-state index is 12.1. The number of nitrogens with one attached hydrogen (secondary N) is 1. The summed E-state index contributed by atoms with van der Waals surface area (Å²) < 4.78 is 5.45. The minimum atomic E-state index is 0.0357. The van der Waals surface area contributed by atoms with Gasteiger partial charge in [-0.3, -0.25) is 9.69 Å². The average Bonchev–Trinajstić information content (AvgIpc) is 3.60. The first kappa shape index (κ1) is 18.2. The molecule has 0 spiro atoms. The second-order valence-corrected chi connectivity index (χ2v) is 7.79. The van der Waals surface area contributed by atoms with Crippen LogP contribution in [0.2, 0.25) is 0 Å². The lowest BCUT2D eigenvalue weighted by atomic mass is 10.1. The monoisotopic (exact) mass is 368 g/mol. The van der Waals surface area contributed by atoms with Crippen molar-refractivity contribution in [3.8, 4) is 0 Å². The Labute approximate surface area is 160 Å². The highest BCUT2D eigenvalue weighted by atomic mass is 16.5. The Kier molecular flexibility index (Phi) is 5.53. The lowest BCUT2D eigenvalue weighted by Gasteiger charge is -2.20. The van der Waals surface area contributed by atoms with Crippen LogP contribution in [0.25, 0.3) is 0 Å². The lowest BCUT2D eigenvalue weighted by Crippen LogP contribution is -2.26. The summed E-state index contributed by atoms with van der Waals surface area (Å²) in [5, 5.41) is 7.13. The molecule has 0 bridgehead atoms.